The highest BCUT2D eigenvalue weighted by atomic mass is 35.5. The van der Waals surface area contributed by atoms with Gasteiger partial charge in [0.2, 0.25) is 0 Å². The molecule has 1 aromatic rings. The molecule has 0 bridgehead atoms. The van der Waals surface area contributed by atoms with Gasteiger partial charge in [0, 0.05) is 19.7 Å². The van der Waals surface area contributed by atoms with Crippen molar-refractivity contribution in [2.45, 2.75) is 12.8 Å². The largest absolute Gasteiger partial charge is 0.469 e. The second-order valence-electron chi connectivity index (χ2n) is 4.18. The molecule has 20 heavy (non-hydrogen) atoms. The molecule has 0 spiro atoms. The molecule has 0 fully saturated rings. The highest BCUT2D eigenvalue weighted by Gasteiger charge is 2.18. The third-order valence-corrected chi connectivity index (χ3v) is 3.12. The van der Waals surface area contributed by atoms with E-state index in [2.05, 4.69) is 4.74 Å². The van der Waals surface area contributed by atoms with E-state index in [4.69, 9.17) is 16.7 Å². The summed E-state index contributed by atoms with van der Waals surface area (Å²) in [6.45, 7) is 0.568. The zero-order valence-electron chi connectivity index (χ0n) is 11.3. The molecule has 1 aromatic carbocycles. The number of benzene rings is 1. The van der Waals surface area contributed by atoms with Gasteiger partial charge >= 0.3 is 5.97 Å². The molecule has 1 rings (SSSR count). The Kier molecular flexibility index (Phi) is 7.04. The lowest BCUT2D eigenvalue weighted by atomic mass is 10.2. The number of methoxy groups -OCH3 is 1. The van der Waals surface area contributed by atoms with Gasteiger partial charge < -0.3 is 14.7 Å². The number of halogens is 1. The molecule has 110 valence electrons. The first-order valence-electron chi connectivity index (χ1n) is 6.31. The van der Waals surface area contributed by atoms with Gasteiger partial charge in [0.1, 0.15) is 0 Å². The number of aliphatic hydroxyl groups excluding tert-OH is 1. The Morgan fingerprint density at radius 1 is 1.30 bits per heavy atom. The fraction of sp³-hybridized carbons (Fsp3) is 0.429. The second-order valence-corrected chi connectivity index (χ2v) is 4.58. The summed E-state index contributed by atoms with van der Waals surface area (Å²) in [7, 11) is 1.30. The van der Waals surface area contributed by atoms with Crippen LogP contribution in [-0.2, 0) is 9.53 Å². The van der Waals surface area contributed by atoms with Crippen molar-refractivity contribution in [1.82, 2.24) is 4.90 Å². The smallest absolute Gasteiger partial charge is 0.307 e. The third-order valence-electron chi connectivity index (χ3n) is 2.79. The Labute approximate surface area is 123 Å². The zero-order valence-corrected chi connectivity index (χ0v) is 12.1. The maximum absolute atomic E-state index is 12.4. The van der Waals surface area contributed by atoms with E-state index in [9.17, 15) is 9.59 Å². The first-order chi connectivity index (χ1) is 9.60. The average Bonchev–Trinajstić information content (AvgIpc) is 2.47. The monoisotopic (exact) mass is 299 g/mol. The third kappa shape index (κ3) is 4.83. The summed E-state index contributed by atoms with van der Waals surface area (Å²) in [5.41, 5.74) is 0.386. The molecular weight excluding hydrogens is 282 g/mol. The van der Waals surface area contributed by atoms with Crippen molar-refractivity contribution in [2.24, 2.45) is 0 Å². The van der Waals surface area contributed by atoms with Crippen molar-refractivity contribution in [3.8, 4) is 0 Å². The summed E-state index contributed by atoms with van der Waals surface area (Å²) in [5.74, 6) is -0.640. The molecule has 0 atom stereocenters. The van der Waals surface area contributed by atoms with Crippen molar-refractivity contribution >= 4 is 23.5 Å². The molecule has 1 amide bonds. The van der Waals surface area contributed by atoms with Crippen LogP contribution in [0, 0.1) is 0 Å². The topological polar surface area (TPSA) is 66.8 Å². The molecule has 0 aromatic heterocycles. The zero-order chi connectivity index (χ0) is 15.0. The van der Waals surface area contributed by atoms with Crippen molar-refractivity contribution in [1.29, 1.82) is 0 Å². The van der Waals surface area contributed by atoms with Crippen molar-refractivity contribution < 1.29 is 19.4 Å². The number of nitrogens with zero attached hydrogens (tertiary/aromatic N) is 1. The van der Waals surface area contributed by atoms with Gasteiger partial charge in [-0.05, 0) is 18.6 Å². The summed E-state index contributed by atoms with van der Waals surface area (Å²) >= 11 is 6.00. The number of hydrogen-bond donors (Lipinski definition) is 1. The quantitative estimate of drug-likeness (QED) is 0.779. The predicted molar refractivity (Wildman–Crippen MR) is 75.7 cm³/mol. The first-order valence-corrected chi connectivity index (χ1v) is 6.69. The van der Waals surface area contributed by atoms with Crippen LogP contribution in [-0.4, -0.2) is 48.7 Å². The number of rotatable bonds is 7. The van der Waals surface area contributed by atoms with Crippen LogP contribution in [0.1, 0.15) is 23.2 Å². The Balaban J connectivity index is 2.78. The van der Waals surface area contributed by atoms with Crippen LogP contribution in [0.25, 0.3) is 0 Å². The van der Waals surface area contributed by atoms with Gasteiger partial charge in [-0.1, -0.05) is 23.7 Å². The fourth-order valence-corrected chi connectivity index (χ4v) is 1.93. The maximum Gasteiger partial charge on any atom is 0.307 e. The SMILES string of the molecule is COC(=O)CCN(CCCO)C(=O)c1ccccc1Cl. The van der Waals surface area contributed by atoms with E-state index in [-0.39, 0.29) is 31.4 Å². The van der Waals surface area contributed by atoms with Crippen molar-refractivity contribution in [3.63, 3.8) is 0 Å². The van der Waals surface area contributed by atoms with E-state index in [0.717, 1.165) is 0 Å². The van der Waals surface area contributed by atoms with Gasteiger partial charge in [-0.25, -0.2) is 0 Å². The predicted octanol–water partition coefficient (Wildman–Crippen LogP) is 1.73. The molecule has 6 heteroatoms. The van der Waals surface area contributed by atoms with Crippen LogP contribution in [0.5, 0.6) is 0 Å². The molecule has 0 aliphatic rings. The number of hydrogen-bond acceptors (Lipinski definition) is 4. The summed E-state index contributed by atoms with van der Waals surface area (Å²) in [5, 5.41) is 9.26. The number of ether oxygens (including phenoxy) is 1. The van der Waals surface area contributed by atoms with Crippen LogP contribution in [0.15, 0.2) is 24.3 Å². The molecule has 0 saturated heterocycles. The molecular formula is C14H18ClNO4. The van der Waals surface area contributed by atoms with E-state index in [0.29, 0.717) is 23.6 Å². The Hall–Kier alpha value is -1.59. The van der Waals surface area contributed by atoms with Gasteiger partial charge in [0.05, 0.1) is 24.1 Å². The molecule has 0 radical (unpaired) electrons. The van der Waals surface area contributed by atoms with E-state index in [1.807, 2.05) is 0 Å². The highest BCUT2D eigenvalue weighted by Crippen LogP contribution is 2.17. The van der Waals surface area contributed by atoms with Gasteiger partial charge in [-0.15, -0.1) is 0 Å². The number of carbonyl (C=O) groups excluding carboxylic acids is 2. The molecule has 0 heterocycles. The molecule has 0 aliphatic heterocycles. The summed E-state index contributed by atoms with van der Waals surface area (Å²) in [6.07, 6.45) is 0.551. The number of esters is 1. The highest BCUT2D eigenvalue weighted by molar-refractivity contribution is 6.33. The maximum atomic E-state index is 12.4. The fourth-order valence-electron chi connectivity index (χ4n) is 1.71. The first kappa shape index (κ1) is 16.5. The van der Waals surface area contributed by atoms with Gasteiger partial charge in [-0.2, -0.15) is 0 Å². The number of carbonyl (C=O) groups is 2. The van der Waals surface area contributed by atoms with Crippen LogP contribution in [0.3, 0.4) is 0 Å². The van der Waals surface area contributed by atoms with Gasteiger partial charge in [0.15, 0.2) is 0 Å². The molecule has 0 unspecified atom stereocenters. The number of amides is 1. The number of aliphatic hydroxyl groups is 1. The van der Waals surface area contributed by atoms with Crippen molar-refractivity contribution in [3.05, 3.63) is 34.9 Å². The summed E-state index contributed by atoms with van der Waals surface area (Å²) in [6, 6.07) is 6.74. The summed E-state index contributed by atoms with van der Waals surface area (Å²) in [4.78, 5) is 25.1. The summed E-state index contributed by atoms with van der Waals surface area (Å²) < 4.78 is 4.56. The lowest BCUT2D eigenvalue weighted by Crippen LogP contribution is -2.34. The second kappa shape index (κ2) is 8.55. The average molecular weight is 300 g/mol. The van der Waals surface area contributed by atoms with E-state index >= 15 is 0 Å². The lowest BCUT2D eigenvalue weighted by molar-refractivity contribution is -0.140. The van der Waals surface area contributed by atoms with Crippen LogP contribution in [0.2, 0.25) is 5.02 Å². The van der Waals surface area contributed by atoms with Gasteiger partial charge in [0.25, 0.3) is 5.91 Å². The standard InChI is InChI=1S/C14H18ClNO4/c1-20-13(18)7-9-16(8-4-10-17)14(19)11-5-2-3-6-12(11)15/h2-3,5-6,17H,4,7-10H2,1H3. The normalized spacial score (nSPS) is 10.2. The van der Waals surface area contributed by atoms with Crippen LogP contribution in [0.4, 0.5) is 0 Å². The lowest BCUT2D eigenvalue weighted by Gasteiger charge is -2.22. The van der Waals surface area contributed by atoms with E-state index in [1.54, 1.807) is 24.3 Å². The molecule has 5 nitrogen and oxygen atoms in total. The Morgan fingerprint density at radius 2 is 2.00 bits per heavy atom. The van der Waals surface area contributed by atoms with Crippen molar-refractivity contribution in [2.75, 3.05) is 26.8 Å². The molecule has 1 N–H and O–H groups in total. The molecule has 0 saturated carbocycles. The Bertz CT molecular complexity index is 464. The van der Waals surface area contributed by atoms with Crippen LogP contribution < -0.4 is 0 Å². The minimum absolute atomic E-state index is 0.0233. The Morgan fingerprint density at radius 3 is 2.60 bits per heavy atom. The minimum atomic E-state index is -0.383. The van der Waals surface area contributed by atoms with Gasteiger partial charge in [-0.3, -0.25) is 9.59 Å². The van der Waals surface area contributed by atoms with Crippen LogP contribution >= 0.6 is 11.6 Å². The molecule has 0 aliphatic carbocycles. The van der Waals surface area contributed by atoms with E-state index in [1.165, 1.54) is 12.0 Å². The minimum Gasteiger partial charge on any atom is -0.469 e. The van der Waals surface area contributed by atoms with E-state index < -0.39 is 0 Å².